The van der Waals surface area contributed by atoms with Crippen LogP contribution in [0.3, 0.4) is 0 Å². The van der Waals surface area contributed by atoms with Crippen molar-refractivity contribution in [2.75, 3.05) is 31.8 Å². The second kappa shape index (κ2) is 6.40. The largest absolute Gasteiger partial charge is 0.490 e. The molecular formula is C13H16N2O6. The summed E-state index contributed by atoms with van der Waals surface area (Å²) in [5.74, 6) is -0.762. The van der Waals surface area contributed by atoms with E-state index >= 15 is 0 Å². The van der Waals surface area contributed by atoms with Crippen molar-refractivity contribution < 1.29 is 24.3 Å². The van der Waals surface area contributed by atoms with Gasteiger partial charge in [-0.15, -0.1) is 0 Å². The lowest BCUT2D eigenvalue weighted by Crippen LogP contribution is -2.46. The number of carboxylic acids is 1. The summed E-state index contributed by atoms with van der Waals surface area (Å²) in [6, 6.07) is 4.21. The minimum atomic E-state index is -0.913. The van der Waals surface area contributed by atoms with E-state index in [0.717, 1.165) is 0 Å². The minimum Gasteiger partial charge on any atom is -0.490 e. The molecule has 1 saturated heterocycles. The van der Waals surface area contributed by atoms with E-state index in [1.165, 1.54) is 13.2 Å². The zero-order valence-electron chi connectivity index (χ0n) is 11.5. The van der Waals surface area contributed by atoms with Crippen LogP contribution in [0.5, 0.6) is 5.75 Å². The Labute approximate surface area is 121 Å². The summed E-state index contributed by atoms with van der Waals surface area (Å²) in [7, 11) is 1.36. The van der Waals surface area contributed by atoms with Crippen molar-refractivity contribution in [3.63, 3.8) is 0 Å². The first-order chi connectivity index (χ1) is 10.0. The number of nitro benzene ring substituents is 1. The summed E-state index contributed by atoms with van der Waals surface area (Å²) in [6.45, 7) is 1.32. The number of hydrogen-bond donors (Lipinski definition) is 1. The molecule has 1 N–H and O–H groups in total. The van der Waals surface area contributed by atoms with E-state index in [4.69, 9.17) is 14.6 Å². The average Bonchev–Trinajstić information content (AvgIpc) is 2.46. The van der Waals surface area contributed by atoms with Gasteiger partial charge < -0.3 is 19.5 Å². The highest BCUT2D eigenvalue weighted by Gasteiger charge is 2.27. The molecule has 1 fully saturated rings. The maximum absolute atomic E-state index is 10.9. The van der Waals surface area contributed by atoms with E-state index < -0.39 is 10.9 Å². The van der Waals surface area contributed by atoms with Crippen LogP contribution in [0.4, 0.5) is 11.4 Å². The lowest BCUT2D eigenvalue weighted by atomic mass is 10.1. The summed E-state index contributed by atoms with van der Waals surface area (Å²) in [5.41, 5.74) is 0.566. The molecule has 0 bridgehead atoms. The second-order valence-corrected chi connectivity index (χ2v) is 4.63. The first-order valence-electron chi connectivity index (χ1n) is 6.41. The highest BCUT2D eigenvalue weighted by molar-refractivity contribution is 5.69. The molecule has 1 atom stereocenters. The molecule has 8 nitrogen and oxygen atoms in total. The van der Waals surface area contributed by atoms with Crippen LogP contribution in [-0.4, -0.2) is 48.9 Å². The Balaban J connectivity index is 2.30. The van der Waals surface area contributed by atoms with Crippen LogP contribution < -0.4 is 9.64 Å². The van der Waals surface area contributed by atoms with Crippen molar-refractivity contribution in [1.82, 2.24) is 0 Å². The minimum absolute atomic E-state index is 0.0562. The smallest absolute Gasteiger partial charge is 0.311 e. The molecule has 114 valence electrons. The maximum atomic E-state index is 10.9. The van der Waals surface area contributed by atoms with Crippen molar-refractivity contribution in [1.29, 1.82) is 0 Å². The van der Waals surface area contributed by atoms with Crippen LogP contribution in [-0.2, 0) is 9.53 Å². The fourth-order valence-electron chi connectivity index (χ4n) is 2.36. The number of carboxylic acid groups (broad SMARTS) is 1. The molecule has 1 heterocycles. The number of ether oxygens (including phenoxy) is 2. The molecule has 0 amide bonds. The van der Waals surface area contributed by atoms with Crippen LogP contribution in [0.15, 0.2) is 18.2 Å². The quantitative estimate of drug-likeness (QED) is 0.645. The Bertz CT molecular complexity index is 547. The van der Waals surface area contributed by atoms with Gasteiger partial charge in [0.05, 0.1) is 37.7 Å². The number of rotatable bonds is 5. The van der Waals surface area contributed by atoms with E-state index in [1.807, 2.05) is 4.90 Å². The Morgan fingerprint density at radius 2 is 2.38 bits per heavy atom. The SMILES string of the molecule is COc1cc(N2CCOCC2CC(=O)O)ccc1[N+](=O)[O-]. The Morgan fingerprint density at radius 3 is 3.00 bits per heavy atom. The van der Waals surface area contributed by atoms with Crippen LogP contribution in [0.25, 0.3) is 0 Å². The number of nitrogens with zero attached hydrogens (tertiary/aromatic N) is 2. The van der Waals surface area contributed by atoms with Gasteiger partial charge in [-0.05, 0) is 6.07 Å². The van der Waals surface area contributed by atoms with E-state index in [9.17, 15) is 14.9 Å². The molecule has 21 heavy (non-hydrogen) atoms. The topological polar surface area (TPSA) is 102 Å². The predicted molar refractivity (Wildman–Crippen MR) is 73.9 cm³/mol. The number of hydrogen-bond acceptors (Lipinski definition) is 6. The van der Waals surface area contributed by atoms with Crippen LogP contribution in [0, 0.1) is 10.1 Å². The van der Waals surface area contributed by atoms with Gasteiger partial charge in [0.1, 0.15) is 0 Å². The van der Waals surface area contributed by atoms with Crippen LogP contribution in [0.2, 0.25) is 0 Å². The lowest BCUT2D eigenvalue weighted by Gasteiger charge is -2.36. The second-order valence-electron chi connectivity index (χ2n) is 4.63. The first-order valence-corrected chi connectivity index (χ1v) is 6.41. The summed E-state index contributed by atoms with van der Waals surface area (Å²) < 4.78 is 10.3. The molecule has 0 saturated carbocycles. The molecule has 1 aromatic rings. The highest BCUT2D eigenvalue weighted by Crippen LogP contribution is 2.33. The van der Waals surface area contributed by atoms with Crippen molar-refractivity contribution in [3.05, 3.63) is 28.3 Å². The number of methoxy groups -OCH3 is 1. The molecule has 8 heteroatoms. The van der Waals surface area contributed by atoms with Gasteiger partial charge in [0.25, 0.3) is 0 Å². The molecule has 1 aliphatic heterocycles. The van der Waals surface area contributed by atoms with Crippen molar-refractivity contribution >= 4 is 17.3 Å². The summed E-state index contributed by atoms with van der Waals surface area (Å²) in [5, 5.41) is 19.8. The first kappa shape index (κ1) is 15.0. The van der Waals surface area contributed by atoms with E-state index in [0.29, 0.717) is 25.4 Å². The van der Waals surface area contributed by atoms with Crippen molar-refractivity contribution in [3.8, 4) is 5.75 Å². The molecule has 1 unspecified atom stereocenters. The van der Waals surface area contributed by atoms with E-state index in [-0.39, 0.29) is 23.9 Å². The normalized spacial score (nSPS) is 18.3. The van der Waals surface area contributed by atoms with Gasteiger partial charge in [0.15, 0.2) is 5.75 Å². The van der Waals surface area contributed by atoms with Crippen molar-refractivity contribution in [2.45, 2.75) is 12.5 Å². The standard InChI is InChI=1S/C13H16N2O6/c1-20-12-6-9(2-3-11(12)15(18)19)14-4-5-21-8-10(14)7-13(16)17/h2-3,6,10H,4-5,7-8H2,1H3,(H,16,17). The Kier molecular flexibility index (Phi) is 4.59. The van der Waals surface area contributed by atoms with Gasteiger partial charge in [0.2, 0.25) is 0 Å². The van der Waals surface area contributed by atoms with E-state index in [2.05, 4.69) is 0 Å². The third-order valence-electron chi connectivity index (χ3n) is 3.33. The average molecular weight is 296 g/mol. The van der Waals surface area contributed by atoms with E-state index in [1.54, 1.807) is 12.1 Å². The molecule has 0 aliphatic carbocycles. The maximum Gasteiger partial charge on any atom is 0.311 e. The number of anilines is 1. The summed E-state index contributed by atoms with van der Waals surface area (Å²) in [6.07, 6.45) is -0.0562. The van der Waals surface area contributed by atoms with Gasteiger partial charge in [0, 0.05) is 24.4 Å². The molecule has 0 aromatic heterocycles. The third-order valence-corrected chi connectivity index (χ3v) is 3.33. The summed E-state index contributed by atoms with van der Waals surface area (Å²) in [4.78, 5) is 23.2. The molecule has 0 radical (unpaired) electrons. The zero-order chi connectivity index (χ0) is 15.4. The number of aliphatic carboxylic acids is 1. The number of carbonyl (C=O) groups is 1. The number of nitro groups is 1. The summed E-state index contributed by atoms with van der Waals surface area (Å²) >= 11 is 0. The van der Waals surface area contributed by atoms with Gasteiger partial charge in [-0.1, -0.05) is 0 Å². The third kappa shape index (κ3) is 3.40. The lowest BCUT2D eigenvalue weighted by molar-refractivity contribution is -0.385. The monoisotopic (exact) mass is 296 g/mol. The zero-order valence-corrected chi connectivity index (χ0v) is 11.5. The number of morpholine rings is 1. The van der Waals surface area contributed by atoms with Crippen LogP contribution >= 0.6 is 0 Å². The van der Waals surface area contributed by atoms with Crippen LogP contribution in [0.1, 0.15) is 6.42 Å². The molecular weight excluding hydrogens is 280 g/mol. The molecule has 1 aliphatic rings. The Hall–Kier alpha value is -2.35. The number of benzene rings is 1. The van der Waals surface area contributed by atoms with Gasteiger partial charge in [-0.2, -0.15) is 0 Å². The molecule has 2 rings (SSSR count). The fraction of sp³-hybridized carbons (Fsp3) is 0.462. The van der Waals surface area contributed by atoms with Crippen molar-refractivity contribution in [2.24, 2.45) is 0 Å². The fourth-order valence-corrected chi connectivity index (χ4v) is 2.36. The molecule has 1 aromatic carbocycles. The predicted octanol–water partition coefficient (Wildman–Crippen LogP) is 1.28. The van der Waals surface area contributed by atoms with Gasteiger partial charge in [-0.25, -0.2) is 0 Å². The Morgan fingerprint density at radius 1 is 1.62 bits per heavy atom. The molecule has 0 spiro atoms. The highest BCUT2D eigenvalue weighted by atomic mass is 16.6. The van der Waals surface area contributed by atoms with Gasteiger partial charge >= 0.3 is 11.7 Å². The van der Waals surface area contributed by atoms with Gasteiger partial charge in [-0.3, -0.25) is 14.9 Å².